The number of nitrogens with zero attached hydrogens (tertiary/aromatic N) is 2. The number of nitrogens with two attached hydrogens (primary N) is 1. The molecule has 0 saturated heterocycles. The van der Waals surface area contributed by atoms with Crippen molar-refractivity contribution in [1.82, 2.24) is 9.97 Å². The highest BCUT2D eigenvalue weighted by Gasteiger charge is 2.34. The Kier molecular flexibility index (Phi) is 3.64. The number of benzene rings is 1. The van der Waals surface area contributed by atoms with Gasteiger partial charge in [0.25, 0.3) is 0 Å². The van der Waals surface area contributed by atoms with E-state index in [1.807, 2.05) is 17.5 Å². The number of aromatic nitrogens is 2. The summed E-state index contributed by atoms with van der Waals surface area (Å²) in [6.07, 6.45) is 1.90. The van der Waals surface area contributed by atoms with Crippen molar-refractivity contribution < 1.29 is 0 Å². The lowest BCUT2D eigenvalue weighted by molar-refractivity contribution is 0.451. The third-order valence-electron chi connectivity index (χ3n) is 4.32. The van der Waals surface area contributed by atoms with Crippen LogP contribution >= 0.6 is 11.3 Å². The first-order chi connectivity index (χ1) is 10.2. The Bertz CT molecular complexity index is 745. The van der Waals surface area contributed by atoms with Crippen LogP contribution in [0.4, 0.5) is 5.82 Å². The number of anilines is 1. The highest BCUT2D eigenvalue weighted by molar-refractivity contribution is 7.16. The SMILES string of the molecule is CCC(CC)(c1ccccc1)c1nc(N)c2ccsc2n1. The molecule has 0 aliphatic carbocycles. The first-order valence-corrected chi connectivity index (χ1v) is 8.16. The van der Waals surface area contributed by atoms with Gasteiger partial charge in [-0.3, -0.25) is 0 Å². The van der Waals surface area contributed by atoms with Crippen molar-refractivity contribution in [3.63, 3.8) is 0 Å². The predicted molar refractivity (Wildman–Crippen MR) is 89.6 cm³/mol. The summed E-state index contributed by atoms with van der Waals surface area (Å²) in [5.41, 5.74) is 7.22. The quantitative estimate of drug-likeness (QED) is 0.777. The van der Waals surface area contributed by atoms with Gasteiger partial charge in [0.05, 0.1) is 10.8 Å². The number of hydrogen-bond acceptors (Lipinski definition) is 4. The summed E-state index contributed by atoms with van der Waals surface area (Å²) in [6, 6.07) is 12.5. The summed E-state index contributed by atoms with van der Waals surface area (Å²) in [5.74, 6) is 1.42. The summed E-state index contributed by atoms with van der Waals surface area (Å²) < 4.78 is 0. The van der Waals surface area contributed by atoms with Gasteiger partial charge in [0.1, 0.15) is 16.5 Å². The van der Waals surface area contributed by atoms with Crippen LogP contribution in [0.1, 0.15) is 38.1 Å². The van der Waals surface area contributed by atoms with E-state index < -0.39 is 0 Å². The standard InChI is InChI=1S/C17H19N3S/c1-3-17(4-2,12-8-6-5-7-9-12)16-19-14(18)13-10-11-21-15(13)20-16/h5-11H,3-4H2,1-2H3,(H2,18,19,20). The molecule has 0 aliphatic rings. The molecule has 3 nitrogen and oxygen atoms in total. The van der Waals surface area contributed by atoms with Crippen molar-refractivity contribution >= 4 is 27.4 Å². The Labute approximate surface area is 128 Å². The molecule has 2 aromatic heterocycles. The molecule has 0 aliphatic heterocycles. The number of fused-ring (bicyclic) bond motifs is 1. The molecule has 0 atom stereocenters. The van der Waals surface area contributed by atoms with Crippen LogP contribution in [0, 0.1) is 0 Å². The molecule has 0 spiro atoms. The lowest BCUT2D eigenvalue weighted by Gasteiger charge is -2.31. The average molecular weight is 297 g/mol. The van der Waals surface area contributed by atoms with Gasteiger partial charge in [-0.25, -0.2) is 9.97 Å². The minimum atomic E-state index is -0.173. The molecule has 0 unspecified atom stereocenters. The van der Waals surface area contributed by atoms with E-state index in [0.29, 0.717) is 5.82 Å². The van der Waals surface area contributed by atoms with Crippen LogP contribution in [-0.4, -0.2) is 9.97 Å². The Morgan fingerprint density at radius 3 is 2.43 bits per heavy atom. The van der Waals surface area contributed by atoms with Crippen LogP contribution in [0.3, 0.4) is 0 Å². The van der Waals surface area contributed by atoms with Gasteiger partial charge in [0.15, 0.2) is 0 Å². The van der Waals surface area contributed by atoms with Gasteiger partial charge in [0, 0.05) is 0 Å². The van der Waals surface area contributed by atoms with E-state index in [-0.39, 0.29) is 5.41 Å². The molecule has 21 heavy (non-hydrogen) atoms. The zero-order valence-corrected chi connectivity index (χ0v) is 13.2. The molecule has 3 aromatic rings. The van der Waals surface area contributed by atoms with Gasteiger partial charge in [-0.15, -0.1) is 11.3 Å². The molecule has 0 bridgehead atoms. The van der Waals surface area contributed by atoms with Crippen LogP contribution in [0.15, 0.2) is 41.8 Å². The van der Waals surface area contributed by atoms with Crippen LogP contribution < -0.4 is 5.73 Å². The van der Waals surface area contributed by atoms with Crippen LogP contribution in [0.2, 0.25) is 0 Å². The predicted octanol–water partition coefficient (Wildman–Crippen LogP) is 4.38. The van der Waals surface area contributed by atoms with E-state index >= 15 is 0 Å². The van der Waals surface area contributed by atoms with Crippen molar-refractivity contribution in [3.8, 4) is 0 Å². The lowest BCUT2D eigenvalue weighted by Crippen LogP contribution is -2.29. The van der Waals surface area contributed by atoms with Crippen LogP contribution in [0.5, 0.6) is 0 Å². The molecule has 0 radical (unpaired) electrons. The molecule has 0 fully saturated rings. The largest absolute Gasteiger partial charge is 0.383 e. The second-order valence-electron chi connectivity index (χ2n) is 5.23. The number of nitrogen functional groups attached to an aromatic ring is 1. The second kappa shape index (κ2) is 5.45. The Hall–Kier alpha value is -1.94. The molecule has 3 rings (SSSR count). The van der Waals surface area contributed by atoms with Crippen LogP contribution in [-0.2, 0) is 5.41 Å². The van der Waals surface area contributed by atoms with Gasteiger partial charge in [-0.2, -0.15) is 0 Å². The van der Waals surface area contributed by atoms with Crippen molar-refractivity contribution in [2.45, 2.75) is 32.1 Å². The maximum absolute atomic E-state index is 6.14. The highest BCUT2D eigenvalue weighted by atomic mass is 32.1. The van der Waals surface area contributed by atoms with Gasteiger partial charge in [-0.05, 0) is 29.9 Å². The average Bonchev–Trinajstić information content (AvgIpc) is 2.99. The summed E-state index contributed by atoms with van der Waals surface area (Å²) in [7, 11) is 0. The number of hydrogen-bond donors (Lipinski definition) is 1. The third-order valence-corrected chi connectivity index (χ3v) is 5.12. The molecule has 0 amide bonds. The van der Waals surface area contributed by atoms with Crippen molar-refractivity contribution in [3.05, 3.63) is 53.2 Å². The smallest absolute Gasteiger partial charge is 0.142 e. The monoisotopic (exact) mass is 297 g/mol. The fourth-order valence-electron chi connectivity index (χ4n) is 2.95. The van der Waals surface area contributed by atoms with E-state index in [0.717, 1.165) is 28.9 Å². The molecule has 2 heterocycles. The molecular weight excluding hydrogens is 278 g/mol. The fraction of sp³-hybridized carbons (Fsp3) is 0.294. The van der Waals surface area contributed by atoms with E-state index in [2.05, 4.69) is 43.1 Å². The molecule has 2 N–H and O–H groups in total. The highest BCUT2D eigenvalue weighted by Crippen LogP contribution is 2.38. The van der Waals surface area contributed by atoms with Gasteiger partial charge < -0.3 is 5.73 Å². The first-order valence-electron chi connectivity index (χ1n) is 7.28. The molecule has 1 aromatic carbocycles. The second-order valence-corrected chi connectivity index (χ2v) is 6.12. The zero-order chi connectivity index (χ0) is 14.9. The van der Waals surface area contributed by atoms with Crippen molar-refractivity contribution in [2.24, 2.45) is 0 Å². The molecule has 4 heteroatoms. The van der Waals surface area contributed by atoms with Gasteiger partial charge in [-0.1, -0.05) is 44.2 Å². The summed E-state index contributed by atoms with van der Waals surface area (Å²) in [4.78, 5) is 10.4. The number of thiophene rings is 1. The molecule has 108 valence electrons. The topological polar surface area (TPSA) is 51.8 Å². The third kappa shape index (κ3) is 2.20. The van der Waals surface area contributed by atoms with E-state index in [9.17, 15) is 0 Å². The van der Waals surface area contributed by atoms with Crippen molar-refractivity contribution in [2.75, 3.05) is 5.73 Å². The Balaban J connectivity index is 2.24. The first kappa shape index (κ1) is 14.0. The van der Waals surface area contributed by atoms with Gasteiger partial charge in [0.2, 0.25) is 0 Å². The summed E-state index contributed by atoms with van der Waals surface area (Å²) in [5, 5.41) is 2.97. The number of rotatable bonds is 4. The Morgan fingerprint density at radius 2 is 1.76 bits per heavy atom. The van der Waals surface area contributed by atoms with Gasteiger partial charge >= 0.3 is 0 Å². The summed E-state index contributed by atoms with van der Waals surface area (Å²) >= 11 is 1.62. The van der Waals surface area contributed by atoms with E-state index in [4.69, 9.17) is 10.7 Å². The van der Waals surface area contributed by atoms with Crippen LogP contribution in [0.25, 0.3) is 10.2 Å². The molecular formula is C17H19N3S. The Morgan fingerprint density at radius 1 is 1.05 bits per heavy atom. The maximum atomic E-state index is 6.14. The summed E-state index contributed by atoms with van der Waals surface area (Å²) in [6.45, 7) is 4.38. The minimum absolute atomic E-state index is 0.173. The minimum Gasteiger partial charge on any atom is -0.383 e. The van der Waals surface area contributed by atoms with E-state index in [1.165, 1.54) is 5.56 Å². The lowest BCUT2D eigenvalue weighted by atomic mass is 9.75. The van der Waals surface area contributed by atoms with Crippen molar-refractivity contribution in [1.29, 1.82) is 0 Å². The van der Waals surface area contributed by atoms with E-state index in [1.54, 1.807) is 11.3 Å². The maximum Gasteiger partial charge on any atom is 0.142 e. The molecule has 0 saturated carbocycles. The fourth-order valence-corrected chi connectivity index (χ4v) is 3.72. The normalized spacial score (nSPS) is 11.9. The zero-order valence-electron chi connectivity index (χ0n) is 12.3.